The molecule has 0 atom stereocenters. The van der Waals surface area contributed by atoms with Crippen LogP contribution in [0, 0.1) is 6.92 Å². The number of nitrogens with one attached hydrogen (secondary N) is 2. The van der Waals surface area contributed by atoms with Gasteiger partial charge >= 0.3 is 0 Å². The molecule has 2 aromatic carbocycles. The minimum absolute atomic E-state index is 0.248. The Morgan fingerprint density at radius 2 is 1.88 bits per heavy atom. The van der Waals surface area contributed by atoms with Crippen LogP contribution in [0.15, 0.2) is 65.8 Å². The molecule has 2 aromatic heterocycles. The predicted octanol–water partition coefficient (Wildman–Crippen LogP) is 4.05. The van der Waals surface area contributed by atoms with Gasteiger partial charge in [-0.3, -0.25) is 4.79 Å². The summed E-state index contributed by atoms with van der Waals surface area (Å²) in [5, 5.41) is 2.43. The summed E-state index contributed by atoms with van der Waals surface area (Å²) in [6.07, 6.45) is 3.19. The van der Waals surface area contributed by atoms with Gasteiger partial charge in [0.05, 0.1) is 27.6 Å². The lowest BCUT2D eigenvalue weighted by Gasteiger charge is -2.08. The van der Waals surface area contributed by atoms with Crippen LogP contribution in [0.1, 0.15) is 35.3 Å². The number of sulfone groups is 1. The van der Waals surface area contributed by atoms with Crippen LogP contribution in [0.4, 0.5) is 0 Å². The van der Waals surface area contributed by atoms with Crippen LogP contribution in [0.2, 0.25) is 0 Å². The molecule has 8 heteroatoms. The van der Waals surface area contributed by atoms with Crippen molar-refractivity contribution >= 4 is 26.9 Å². The van der Waals surface area contributed by atoms with E-state index in [9.17, 15) is 13.2 Å². The number of rotatable bonds is 6. The number of nitrogens with zero attached hydrogens (tertiary/aromatic N) is 2. The van der Waals surface area contributed by atoms with E-state index in [2.05, 4.69) is 20.3 Å². The second-order valence-corrected chi connectivity index (χ2v) is 10.4. The maximum atomic E-state index is 12.8. The highest BCUT2D eigenvalue weighted by molar-refractivity contribution is 7.92. The molecule has 0 saturated heterocycles. The zero-order valence-corrected chi connectivity index (χ0v) is 18.9. The summed E-state index contributed by atoms with van der Waals surface area (Å²) in [5.41, 5.74) is 4.79. The van der Waals surface area contributed by atoms with Crippen LogP contribution >= 0.6 is 0 Å². The fraction of sp³-hybridized carbons (Fsp3) is 0.208. The fourth-order valence-electron chi connectivity index (χ4n) is 3.39. The zero-order chi connectivity index (χ0) is 22.9. The molecule has 0 radical (unpaired) electrons. The first-order valence-electron chi connectivity index (χ1n) is 10.3. The molecule has 0 fully saturated rings. The third-order valence-corrected chi connectivity index (χ3v) is 7.43. The molecule has 164 valence electrons. The number of amides is 1. The van der Waals surface area contributed by atoms with Crippen molar-refractivity contribution in [3.8, 4) is 11.3 Å². The fourth-order valence-corrected chi connectivity index (χ4v) is 4.45. The van der Waals surface area contributed by atoms with Gasteiger partial charge in [0.15, 0.2) is 15.5 Å². The smallest absolute Gasteiger partial charge is 0.255 e. The average molecular weight is 449 g/mol. The Balaban J connectivity index is 1.59. The number of carbonyl (C=O) groups is 1. The number of aromatic amines is 1. The lowest BCUT2D eigenvalue weighted by atomic mass is 10.1. The highest BCUT2D eigenvalue weighted by Crippen LogP contribution is 2.24. The van der Waals surface area contributed by atoms with Crippen molar-refractivity contribution < 1.29 is 13.2 Å². The number of hydrogen-bond donors (Lipinski definition) is 2. The quantitative estimate of drug-likeness (QED) is 0.463. The van der Waals surface area contributed by atoms with E-state index >= 15 is 0 Å². The standard InChI is InChI=1S/C24H24N4O3S/c1-15(2)32(30,31)19-9-7-18(8-10-19)21-14-26-23-22(28-21)20(13-25-23)24(29)27-12-17-6-4-5-16(3)11-17/h4-11,13-15H,12H2,1-3H3,(H,25,26)(H,27,29). The van der Waals surface area contributed by atoms with E-state index in [4.69, 9.17) is 0 Å². The molecule has 4 rings (SSSR count). The molecular formula is C24H24N4O3S. The molecule has 0 aliphatic carbocycles. The van der Waals surface area contributed by atoms with Gasteiger partial charge in [-0.25, -0.2) is 18.4 Å². The Hall–Kier alpha value is -3.52. The van der Waals surface area contributed by atoms with E-state index < -0.39 is 15.1 Å². The first kappa shape index (κ1) is 21.7. The molecule has 1 amide bonds. The molecule has 32 heavy (non-hydrogen) atoms. The SMILES string of the molecule is Cc1cccc(CNC(=O)c2c[nH]c3ncc(-c4ccc(S(=O)(=O)C(C)C)cc4)nc23)c1. The number of benzene rings is 2. The normalized spacial score (nSPS) is 11.8. The molecule has 2 N–H and O–H groups in total. The third kappa shape index (κ3) is 4.27. The highest BCUT2D eigenvalue weighted by Gasteiger charge is 2.19. The van der Waals surface area contributed by atoms with E-state index in [0.717, 1.165) is 16.7 Å². The largest absolute Gasteiger partial charge is 0.348 e. The third-order valence-electron chi connectivity index (χ3n) is 5.26. The van der Waals surface area contributed by atoms with Gasteiger partial charge in [0.1, 0.15) is 5.52 Å². The maximum absolute atomic E-state index is 12.8. The van der Waals surface area contributed by atoms with E-state index in [-0.39, 0.29) is 10.8 Å². The summed E-state index contributed by atoms with van der Waals surface area (Å²) in [4.78, 5) is 25.0. The molecular weight excluding hydrogens is 424 g/mol. The van der Waals surface area contributed by atoms with Crippen LogP contribution in [-0.4, -0.2) is 34.5 Å². The van der Waals surface area contributed by atoms with Crippen molar-refractivity contribution in [1.29, 1.82) is 0 Å². The van der Waals surface area contributed by atoms with Crippen LogP contribution in [0.3, 0.4) is 0 Å². The Morgan fingerprint density at radius 3 is 2.56 bits per heavy atom. The van der Waals surface area contributed by atoms with Gasteiger partial charge in [-0.1, -0.05) is 42.0 Å². The first-order valence-corrected chi connectivity index (χ1v) is 11.8. The van der Waals surface area contributed by atoms with Gasteiger partial charge < -0.3 is 10.3 Å². The topological polar surface area (TPSA) is 105 Å². The Morgan fingerprint density at radius 1 is 1.12 bits per heavy atom. The highest BCUT2D eigenvalue weighted by atomic mass is 32.2. The summed E-state index contributed by atoms with van der Waals surface area (Å²) in [6.45, 7) is 5.72. The number of aromatic nitrogens is 3. The predicted molar refractivity (Wildman–Crippen MR) is 124 cm³/mol. The Bertz CT molecular complexity index is 1390. The Kier molecular flexibility index (Phi) is 5.80. The van der Waals surface area contributed by atoms with Crippen LogP contribution in [0.25, 0.3) is 22.4 Å². The minimum atomic E-state index is -3.35. The second kappa shape index (κ2) is 8.55. The van der Waals surface area contributed by atoms with Gasteiger partial charge in [0.25, 0.3) is 5.91 Å². The number of hydrogen-bond acceptors (Lipinski definition) is 5. The van der Waals surface area contributed by atoms with Gasteiger partial charge in [-0.2, -0.15) is 0 Å². The number of H-pyrrole nitrogens is 1. The zero-order valence-electron chi connectivity index (χ0n) is 18.1. The lowest BCUT2D eigenvalue weighted by Crippen LogP contribution is -2.22. The van der Waals surface area contributed by atoms with Crippen LogP contribution < -0.4 is 5.32 Å². The van der Waals surface area contributed by atoms with E-state index in [1.165, 1.54) is 0 Å². The number of carbonyl (C=O) groups excluding carboxylic acids is 1. The van der Waals surface area contributed by atoms with Gasteiger partial charge in [0, 0.05) is 18.3 Å². The van der Waals surface area contributed by atoms with Crippen LogP contribution in [0.5, 0.6) is 0 Å². The molecule has 0 aliphatic heterocycles. The van der Waals surface area contributed by atoms with Gasteiger partial charge in [-0.05, 0) is 38.5 Å². The minimum Gasteiger partial charge on any atom is -0.348 e. The van der Waals surface area contributed by atoms with Crippen molar-refractivity contribution in [2.24, 2.45) is 0 Å². The molecule has 0 saturated carbocycles. The van der Waals surface area contributed by atoms with Crippen molar-refractivity contribution in [3.05, 3.63) is 77.6 Å². The van der Waals surface area contributed by atoms with Gasteiger partial charge in [0.2, 0.25) is 0 Å². The number of fused-ring (bicyclic) bond motifs is 1. The Labute approximate surface area is 186 Å². The van der Waals surface area contributed by atoms with Crippen molar-refractivity contribution in [2.75, 3.05) is 0 Å². The lowest BCUT2D eigenvalue weighted by molar-refractivity contribution is 0.0952. The van der Waals surface area contributed by atoms with Crippen LogP contribution in [-0.2, 0) is 16.4 Å². The summed E-state index contributed by atoms with van der Waals surface area (Å²) >= 11 is 0. The molecule has 2 heterocycles. The maximum Gasteiger partial charge on any atom is 0.255 e. The summed E-state index contributed by atoms with van der Waals surface area (Å²) < 4.78 is 24.7. The molecule has 0 spiro atoms. The first-order chi connectivity index (χ1) is 15.3. The second-order valence-electron chi connectivity index (χ2n) is 7.94. The molecule has 0 unspecified atom stereocenters. The number of aryl methyl sites for hydroxylation is 1. The molecule has 0 aliphatic rings. The summed E-state index contributed by atoms with van der Waals surface area (Å²) in [6, 6.07) is 14.5. The monoisotopic (exact) mass is 448 g/mol. The van der Waals surface area contributed by atoms with E-state index in [1.807, 2.05) is 31.2 Å². The van der Waals surface area contributed by atoms with Crippen molar-refractivity contribution in [2.45, 2.75) is 37.5 Å². The summed E-state index contributed by atoms with van der Waals surface area (Å²) in [5.74, 6) is -0.248. The average Bonchev–Trinajstić information content (AvgIpc) is 3.21. The van der Waals surface area contributed by atoms with E-state index in [0.29, 0.717) is 29.0 Å². The van der Waals surface area contributed by atoms with Gasteiger partial charge in [-0.15, -0.1) is 0 Å². The molecule has 7 nitrogen and oxygen atoms in total. The summed E-state index contributed by atoms with van der Waals surface area (Å²) in [7, 11) is -3.35. The van der Waals surface area contributed by atoms with Crippen molar-refractivity contribution in [3.63, 3.8) is 0 Å². The van der Waals surface area contributed by atoms with Crippen molar-refractivity contribution in [1.82, 2.24) is 20.3 Å². The van der Waals surface area contributed by atoms with E-state index in [1.54, 1.807) is 50.5 Å². The molecule has 4 aromatic rings. The molecule has 0 bridgehead atoms.